The highest BCUT2D eigenvalue weighted by Gasteiger charge is 2.30. The molecule has 0 spiro atoms. The Morgan fingerprint density at radius 3 is 2.38 bits per heavy atom. The average Bonchev–Trinajstić information content (AvgIpc) is 3.23. The second-order valence-electron chi connectivity index (χ2n) is 6.33. The van der Waals surface area contributed by atoms with E-state index in [1.807, 2.05) is 5.38 Å². The maximum Gasteiger partial charge on any atom is 0.224 e. The van der Waals surface area contributed by atoms with Gasteiger partial charge in [-0.15, -0.1) is 11.3 Å². The van der Waals surface area contributed by atoms with Crippen LogP contribution in [-0.2, 0) is 21.1 Å². The summed E-state index contributed by atoms with van der Waals surface area (Å²) < 4.78 is 31.5. The van der Waals surface area contributed by atoms with Gasteiger partial charge < -0.3 is 10.1 Å². The number of carbonyl (C=O) groups is 1. The van der Waals surface area contributed by atoms with Crippen LogP contribution in [0.2, 0.25) is 5.02 Å². The molecule has 5 nitrogen and oxygen atoms in total. The first-order valence-corrected chi connectivity index (χ1v) is 11.6. The summed E-state index contributed by atoms with van der Waals surface area (Å²) in [7, 11) is -2.12. The molecule has 1 heterocycles. The number of hydrogen-bond donors (Lipinski definition) is 1. The fourth-order valence-corrected chi connectivity index (χ4v) is 5.73. The molecular formula is C21H20ClNO4S2. The van der Waals surface area contributed by atoms with E-state index in [4.69, 9.17) is 16.3 Å². The van der Waals surface area contributed by atoms with Crippen molar-refractivity contribution < 1.29 is 17.9 Å². The molecule has 8 heteroatoms. The second-order valence-corrected chi connectivity index (χ2v) is 9.88. The molecule has 0 fully saturated rings. The molecule has 152 valence electrons. The van der Waals surface area contributed by atoms with E-state index in [0.717, 1.165) is 5.56 Å². The first kappa shape index (κ1) is 21.4. The zero-order chi connectivity index (χ0) is 20.9. The number of methoxy groups -OCH3 is 1. The van der Waals surface area contributed by atoms with Crippen molar-refractivity contribution in [1.82, 2.24) is 5.32 Å². The highest BCUT2D eigenvalue weighted by atomic mass is 35.5. The van der Waals surface area contributed by atoms with Gasteiger partial charge in [0.2, 0.25) is 5.91 Å². The molecule has 0 radical (unpaired) electrons. The third-order valence-electron chi connectivity index (χ3n) is 4.39. The van der Waals surface area contributed by atoms with Crippen LogP contribution in [0.3, 0.4) is 0 Å². The van der Waals surface area contributed by atoms with Crippen LogP contribution in [0.25, 0.3) is 0 Å². The molecule has 1 atom stereocenters. The van der Waals surface area contributed by atoms with Gasteiger partial charge in [-0.3, -0.25) is 4.79 Å². The lowest BCUT2D eigenvalue weighted by atomic mass is 10.1. The lowest BCUT2D eigenvalue weighted by Crippen LogP contribution is -2.32. The first-order valence-electron chi connectivity index (χ1n) is 8.82. The van der Waals surface area contributed by atoms with Crippen molar-refractivity contribution in [2.24, 2.45) is 0 Å². The number of hydrogen-bond acceptors (Lipinski definition) is 5. The zero-order valence-corrected chi connectivity index (χ0v) is 18.1. The van der Waals surface area contributed by atoms with Crippen LogP contribution >= 0.6 is 22.9 Å². The molecule has 0 aliphatic heterocycles. The molecule has 3 rings (SSSR count). The quantitative estimate of drug-likeness (QED) is 0.557. The van der Waals surface area contributed by atoms with Gasteiger partial charge in [-0.05, 0) is 53.4 Å². The average molecular weight is 450 g/mol. The molecule has 0 unspecified atom stereocenters. The van der Waals surface area contributed by atoms with Gasteiger partial charge in [0.25, 0.3) is 0 Å². The Hall–Kier alpha value is -2.35. The largest absolute Gasteiger partial charge is 0.497 e. The maximum atomic E-state index is 13.2. The summed E-state index contributed by atoms with van der Waals surface area (Å²) in [6, 6.07) is 16.8. The second kappa shape index (κ2) is 9.43. The molecule has 0 saturated carbocycles. The normalized spacial score (nSPS) is 12.3. The summed E-state index contributed by atoms with van der Waals surface area (Å²) in [5.41, 5.74) is 0.816. The molecular weight excluding hydrogens is 430 g/mol. The number of amides is 1. The van der Waals surface area contributed by atoms with Gasteiger partial charge in [0.05, 0.1) is 18.4 Å². The maximum absolute atomic E-state index is 13.2. The molecule has 1 amide bonds. The van der Waals surface area contributed by atoms with Crippen LogP contribution < -0.4 is 10.1 Å². The number of nitrogens with one attached hydrogen (secondary N) is 1. The lowest BCUT2D eigenvalue weighted by molar-refractivity contribution is -0.120. The Kier molecular flexibility index (Phi) is 6.95. The summed E-state index contributed by atoms with van der Waals surface area (Å²) in [5.74, 6) is 0.462. The lowest BCUT2D eigenvalue weighted by Gasteiger charge is -2.17. The number of sulfone groups is 1. The fourth-order valence-electron chi connectivity index (χ4n) is 2.82. The topological polar surface area (TPSA) is 72.5 Å². The van der Waals surface area contributed by atoms with E-state index in [2.05, 4.69) is 5.32 Å². The van der Waals surface area contributed by atoms with Crippen molar-refractivity contribution in [3.63, 3.8) is 0 Å². The number of benzene rings is 2. The number of rotatable bonds is 8. The van der Waals surface area contributed by atoms with Crippen LogP contribution in [0.5, 0.6) is 5.75 Å². The molecule has 0 aliphatic rings. The summed E-state index contributed by atoms with van der Waals surface area (Å²) in [6.07, 6.45) is 0.155. The standard InChI is InChI=1S/C21H20ClNO4S2/c1-27-17-8-4-15(5-9-17)13-21(24)23-14-20(19-3-2-12-28-19)29(25,26)18-10-6-16(22)7-11-18/h2-12,20H,13-14H2,1H3,(H,23,24)/t20-/m0/s1. The van der Waals surface area contributed by atoms with Gasteiger partial charge in [-0.2, -0.15) is 0 Å². The molecule has 0 aliphatic carbocycles. The van der Waals surface area contributed by atoms with E-state index < -0.39 is 15.1 Å². The summed E-state index contributed by atoms with van der Waals surface area (Å²) in [4.78, 5) is 13.2. The predicted octanol–water partition coefficient (Wildman–Crippen LogP) is 4.28. The third kappa shape index (κ3) is 5.38. The van der Waals surface area contributed by atoms with Crippen molar-refractivity contribution in [3.8, 4) is 5.75 Å². The number of thiophene rings is 1. The van der Waals surface area contributed by atoms with E-state index >= 15 is 0 Å². The Balaban J connectivity index is 1.74. The minimum Gasteiger partial charge on any atom is -0.497 e. The number of halogens is 1. The summed E-state index contributed by atoms with van der Waals surface area (Å²) in [5, 5.41) is 4.18. The van der Waals surface area contributed by atoms with Gasteiger partial charge >= 0.3 is 0 Å². The molecule has 1 N–H and O–H groups in total. The van der Waals surface area contributed by atoms with Gasteiger partial charge in [0.1, 0.15) is 11.0 Å². The molecule has 0 bridgehead atoms. The van der Waals surface area contributed by atoms with Gasteiger partial charge in [-0.1, -0.05) is 29.8 Å². The number of carbonyl (C=O) groups excluding carboxylic acids is 1. The van der Waals surface area contributed by atoms with E-state index in [1.54, 1.807) is 55.6 Å². The van der Waals surface area contributed by atoms with E-state index in [9.17, 15) is 13.2 Å². The van der Waals surface area contributed by atoms with Gasteiger partial charge in [0.15, 0.2) is 9.84 Å². The van der Waals surface area contributed by atoms with Gasteiger partial charge in [-0.25, -0.2) is 8.42 Å². The van der Waals surface area contributed by atoms with Crippen molar-refractivity contribution in [2.45, 2.75) is 16.6 Å². The highest BCUT2D eigenvalue weighted by molar-refractivity contribution is 7.91. The summed E-state index contributed by atoms with van der Waals surface area (Å²) >= 11 is 7.23. The van der Waals surface area contributed by atoms with Crippen molar-refractivity contribution in [2.75, 3.05) is 13.7 Å². The Morgan fingerprint density at radius 1 is 1.10 bits per heavy atom. The highest BCUT2D eigenvalue weighted by Crippen LogP contribution is 2.32. The molecule has 3 aromatic rings. The zero-order valence-electron chi connectivity index (χ0n) is 15.7. The van der Waals surface area contributed by atoms with Crippen LogP contribution in [-0.4, -0.2) is 28.0 Å². The van der Waals surface area contributed by atoms with Gasteiger partial charge in [0, 0.05) is 16.4 Å². The Morgan fingerprint density at radius 2 is 1.79 bits per heavy atom. The summed E-state index contributed by atoms with van der Waals surface area (Å²) in [6.45, 7) is -0.0134. The van der Waals surface area contributed by atoms with E-state index in [1.165, 1.54) is 23.5 Å². The number of ether oxygens (including phenoxy) is 1. The van der Waals surface area contributed by atoms with Crippen LogP contribution in [0.15, 0.2) is 70.9 Å². The van der Waals surface area contributed by atoms with E-state index in [-0.39, 0.29) is 23.8 Å². The van der Waals surface area contributed by atoms with Crippen molar-refractivity contribution in [3.05, 3.63) is 81.5 Å². The van der Waals surface area contributed by atoms with E-state index in [0.29, 0.717) is 15.6 Å². The third-order valence-corrected chi connectivity index (χ3v) is 7.87. The first-order chi connectivity index (χ1) is 13.9. The Bertz CT molecular complexity index is 1050. The fraction of sp³-hybridized carbons (Fsp3) is 0.190. The molecule has 29 heavy (non-hydrogen) atoms. The van der Waals surface area contributed by atoms with Crippen molar-refractivity contribution in [1.29, 1.82) is 0 Å². The van der Waals surface area contributed by atoms with Crippen molar-refractivity contribution >= 4 is 38.7 Å². The SMILES string of the molecule is COc1ccc(CC(=O)NC[C@@H](c2cccs2)S(=O)(=O)c2ccc(Cl)cc2)cc1. The molecule has 0 saturated heterocycles. The monoisotopic (exact) mass is 449 g/mol. The smallest absolute Gasteiger partial charge is 0.224 e. The minimum atomic E-state index is -3.70. The van der Waals surface area contributed by atoms with Crippen LogP contribution in [0.1, 0.15) is 15.7 Å². The molecule has 1 aromatic heterocycles. The minimum absolute atomic E-state index is 0.0134. The van der Waals surface area contributed by atoms with Crippen LogP contribution in [0.4, 0.5) is 0 Å². The Labute approximate surface area is 179 Å². The molecule has 2 aromatic carbocycles. The predicted molar refractivity (Wildman–Crippen MR) is 115 cm³/mol. The van der Waals surface area contributed by atoms with Crippen LogP contribution in [0, 0.1) is 0 Å².